The molecule has 1 aromatic carbocycles. The van der Waals surface area contributed by atoms with E-state index < -0.39 is 0 Å². The van der Waals surface area contributed by atoms with Gasteiger partial charge in [0.25, 0.3) is 5.91 Å². The van der Waals surface area contributed by atoms with Crippen LogP contribution in [0.15, 0.2) is 47.6 Å². The van der Waals surface area contributed by atoms with Gasteiger partial charge in [-0.15, -0.1) is 5.10 Å². The largest absolute Gasteiger partial charge is 0.382 e. The zero-order valence-corrected chi connectivity index (χ0v) is 12.7. The maximum absolute atomic E-state index is 12.3. The molecule has 118 valence electrons. The quantitative estimate of drug-likeness (QED) is 0.280. The van der Waals surface area contributed by atoms with E-state index in [4.69, 9.17) is 11.6 Å². The van der Waals surface area contributed by atoms with E-state index in [0.29, 0.717) is 11.4 Å². The maximum Gasteiger partial charge on any atom is 0.251 e. The summed E-state index contributed by atoms with van der Waals surface area (Å²) in [5.41, 5.74) is 7.10. The Kier molecular flexibility index (Phi) is 5.55. The molecule has 1 aliphatic heterocycles. The molecular weight excluding hydrogens is 278 g/mol. The van der Waals surface area contributed by atoms with Crippen molar-refractivity contribution in [2.45, 2.75) is 19.3 Å². The first kappa shape index (κ1) is 16.0. The predicted molar refractivity (Wildman–Crippen MR) is 87.6 cm³/mol. The van der Waals surface area contributed by atoms with Crippen LogP contribution < -0.4 is 11.6 Å². The highest BCUT2D eigenvalue weighted by Gasteiger charge is 2.19. The van der Waals surface area contributed by atoms with Crippen LogP contribution in [0.5, 0.6) is 0 Å². The molecule has 0 radical (unpaired) electrons. The van der Waals surface area contributed by atoms with Crippen molar-refractivity contribution < 1.29 is 4.79 Å². The van der Waals surface area contributed by atoms with E-state index in [9.17, 15) is 4.79 Å². The lowest BCUT2D eigenvalue weighted by Crippen LogP contribution is -2.40. The molecular formula is C16H23N5O. The minimum absolute atomic E-state index is 0.0522. The number of piperidine rings is 1. The van der Waals surface area contributed by atoms with Gasteiger partial charge in [-0.05, 0) is 19.3 Å². The van der Waals surface area contributed by atoms with Gasteiger partial charge in [-0.2, -0.15) is 0 Å². The summed E-state index contributed by atoms with van der Waals surface area (Å²) in [5.74, 6) is 6.07. The molecule has 0 aliphatic carbocycles. The molecule has 1 saturated heterocycles. The Morgan fingerprint density at radius 2 is 1.86 bits per heavy atom. The fourth-order valence-corrected chi connectivity index (χ4v) is 2.42. The van der Waals surface area contributed by atoms with E-state index >= 15 is 0 Å². The highest BCUT2D eigenvalue weighted by atomic mass is 16.2. The lowest BCUT2D eigenvalue weighted by atomic mass is 10.1. The predicted octanol–water partition coefficient (Wildman–Crippen LogP) is 1.05. The second-order valence-corrected chi connectivity index (χ2v) is 5.41. The summed E-state index contributed by atoms with van der Waals surface area (Å²) in [7, 11) is 0. The number of carbonyl (C=O) groups is 1. The molecule has 1 aromatic rings. The van der Waals surface area contributed by atoms with Gasteiger partial charge in [0, 0.05) is 24.2 Å². The van der Waals surface area contributed by atoms with E-state index in [1.807, 2.05) is 35.2 Å². The van der Waals surface area contributed by atoms with Crippen LogP contribution in [0.25, 0.3) is 0 Å². The average Bonchev–Trinajstić information content (AvgIpc) is 2.55. The Hall–Kier alpha value is -2.34. The first-order valence-electron chi connectivity index (χ1n) is 7.46. The van der Waals surface area contributed by atoms with Gasteiger partial charge in [-0.25, -0.2) is 11.0 Å². The van der Waals surface area contributed by atoms with Gasteiger partial charge >= 0.3 is 0 Å². The Balaban J connectivity index is 1.92. The Morgan fingerprint density at radius 1 is 1.23 bits per heavy atom. The molecule has 6 heteroatoms. The normalized spacial score (nSPS) is 15.5. The van der Waals surface area contributed by atoms with Gasteiger partial charge in [0.1, 0.15) is 0 Å². The molecule has 0 bridgehead atoms. The number of rotatable bonds is 5. The van der Waals surface area contributed by atoms with E-state index in [-0.39, 0.29) is 12.5 Å². The van der Waals surface area contributed by atoms with Crippen LogP contribution in [0.4, 0.5) is 0 Å². The number of nitrogens with two attached hydrogens (primary N) is 2. The zero-order valence-electron chi connectivity index (χ0n) is 12.7. The van der Waals surface area contributed by atoms with Gasteiger partial charge in [-0.3, -0.25) is 4.79 Å². The SMILES string of the molecule is C=C(CN(N)/N=C(\N)c1ccccc1)C(=O)N1CCCCC1. The van der Waals surface area contributed by atoms with Crippen LogP contribution in [0.3, 0.4) is 0 Å². The monoisotopic (exact) mass is 301 g/mol. The summed E-state index contributed by atoms with van der Waals surface area (Å²) in [6, 6.07) is 9.34. The molecule has 0 spiro atoms. The molecule has 6 nitrogen and oxygen atoms in total. The van der Waals surface area contributed by atoms with Crippen LogP contribution >= 0.6 is 0 Å². The van der Waals surface area contributed by atoms with Crippen LogP contribution in [0.2, 0.25) is 0 Å². The summed E-state index contributed by atoms with van der Waals surface area (Å²) in [5, 5.41) is 5.25. The summed E-state index contributed by atoms with van der Waals surface area (Å²) in [4.78, 5) is 14.1. The van der Waals surface area contributed by atoms with Crippen LogP contribution in [-0.4, -0.2) is 41.4 Å². The number of hydrogen-bond acceptors (Lipinski definition) is 4. The van der Waals surface area contributed by atoms with E-state index in [0.717, 1.165) is 36.6 Å². The van der Waals surface area contributed by atoms with Gasteiger partial charge in [0.2, 0.25) is 0 Å². The number of benzene rings is 1. The van der Waals surface area contributed by atoms with Crippen molar-refractivity contribution in [1.29, 1.82) is 0 Å². The van der Waals surface area contributed by atoms with E-state index in [2.05, 4.69) is 11.7 Å². The fraction of sp³-hybridized carbons (Fsp3) is 0.375. The number of amidine groups is 1. The minimum Gasteiger partial charge on any atom is -0.382 e. The zero-order chi connectivity index (χ0) is 15.9. The first-order chi connectivity index (χ1) is 10.6. The summed E-state index contributed by atoms with van der Waals surface area (Å²) >= 11 is 0. The number of hydrazine groups is 1. The van der Waals surface area contributed by atoms with Gasteiger partial charge < -0.3 is 10.6 Å². The molecule has 1 heterocycles. The summed E-state index contributed by atoms with van der Waals surface area (Å²) in [6.07, 6.45) is 3.27. The first-order valence-corrected chi connectivity index (χ1v) is 7.46. The minimum atomic E-state index is -0.0522. The molecule has 1 amide bonds. The van der Waals surface area contributed by atoms with Crippen molar-refractivity contribution >= 4 is 11.7 Å². The second kappa shape index (κ2) is 7.61. The van der Waals surface area contributed by atoms with Gasteiger partial charge in [-0.1, -0.05) is 36.9 Å². The van der Waals surface area contributed by atoms with Crippen molar-refractivity contribution in [3.63, 3.8) is 0 Å². The number of hydrogen-bond donors (Lipinski definition) is 2. The molecule has 0 atom stereocenters. The summed E-state index contributed by atoms with van der Waals surface area (Å²) < 4.78 is 0. The molecule has 4 N–H and O–H groups in total. The standard InChI is InChI=1S/C16H23N5O/c1-13(16(22)20-10-6-3-7-11-20)12-21(18)19-15(17)14-8-4-2-5-9-14/h2,4-5,8-9H,1,3,6-7,10-12,18H2,(H2,17,19). The molecule has 1 aliphatic rings. The number of carbonyl (C=O) groups excluding carboxylic acids is 1. The van der Waals surface area contributed by atoms with Crippen LogP contribution in [0, 0.1) is 0 Å². The Labute approximate surface area is 131 Å². The molecule has 0 saturated carbocycles. The lowest BCUT2D eigenvalue weighted by Gasteiger charge is -2.28. The smallest absolute Gasteiger partial charge is 0.251 e. The Bertz CT molecular complexity index is 549. The van der Waals surface area contributed by atoms with Crippen LogP contribution in [0.1, 0.15) is 24.8 Å². The average molecular weight is 301 g/mol. The van der Waals surface area contributed by atoms with Crippen molar-refractivity contribution in [2.75, 3.05) is 19.6 Å². The van der Waals surface area contributed by atoms with Crippen molar-refractivity contribution in [2.24, 2.45) is 16.7 Å². The van der Waals surface area contributed by atoms with Crippen molar-refractivity contribution in [3.8, 4) is 0 Å². The Morgan fingerprint density at radius 3 is 2.50 bits per heavy atom. The second-order valence-electron chi connectivity index (χ2n) is 5.41. The fourth-order valence-electron chi connectivity index (χ4n) is 2.42. The van der Waals surface area contributed by atoms with E-state index in [1.165, 1.54) is 6.42 Å². The number of hydrazone groups is 1. The molecule has 22 heavy (non-hydrogen) atoms. The number of nitrogens with zero attached hydrogens (tertiary/aromatic N) is 3. The number of amides is 1. The summed E-state index contributed by atoms with van der Waals surface area (Å²) in [6.45, 7) is 5.56. The van der Waals surface area contributed by atoms with Crippen molar-refractivity contribution in [1.82, 2.24) is 10.0 Å². The van der Waals surface area contributed by atoms with Gasteiger partial charge in [0.15, 0.2) is 5.84 Å². The lowest BCUT2D eigenvalue weighted by molar-refractivity contribution is -0.128. The highest BCUT2D eigenvalue weighted by molar-refractivity contribution is 5.97. The molecule has 0 unspecified atom stereocenters. The topological polar surface area (TPSA) is 88.0 Å². The van der Waals surface area contributed by atoms with Crippen molar-refractivity contribution in [3.05, 3.63) is 48.0 Å². The molecule has 0 aromatic heterocycles. The molecule has 2 rings (SSSR count). The molecule has 1 fully saturated rings. The van der Waals surface area contributed by atoms with Gasteiger partial charge in [0.05, 0.1) is 6.54 Å². The third-order valence-electron chi connectivity index (χ3n) is 3.60. The van der Waals surface area contributed by atoms with Crippen LogP contribution in [-0.2, 0) is 4.79 Å². The highest BCUT2D eigenvalue weighted by Crippen LogP contribution is 2.11. The third-order valence-corrected chi connectivity index (χ3v) is 3.60. The maximum atomic E-state index is 12.3. The number of likely N-dealkylation sites (tertiary alicyclic amines) is 1. The third kappa shape index (κ3) is 4.33. The van der Waals surface area contributed by atoms with E-state index in [1.54, 1.807) is 0 Å².